The number of nitrogens with zero attached hydrogens (tertiary/aromatic N) is 3. The van der Waals surface area contributed by atoms with E-state index in [1.165, 1.54) is 12.1 Å². The second-order valence-electron chi connectivity index (χ2n) is 6.78. The lowest BCUT2D eigenvalue weighted by atomic mass is 10.0. The third-order valence-electron chi connectivity index (χ3n) is 4.84. The van der Waals surface area contributed by atoms with E-state index >= 15 is 0 Å². The smallest absolute Gasteiger partial charge is 0.191 e. The van der Waals surface area contributed by atoms with Crippen molar-refractivity contribution in [1.82, 2.24) is 20.1 Å². The van der Waals surface area contributed by atoms with Gasteiger partial charge in [-0.3, -0.25) is 9.89 Å². The van der Waals surface area contributed by atoms with Crippen LogP contribution in [0.5, 0.6) is 0 Å². The number of hydrogen-bond acceptors (Lipinski definition) is 3. The Bertz CT molecular complexity index is 711. The number of morpholine rings is 1. The average molecular weight is 388 g/mol. The maximum absolute atomic E-state index is 13.4. The van der Waals surface area contributed by atoms with Crippen molar-refractivity contribution in [3.8, 4) is 0 Å². The summed E-state index contributed by atoms with van der Waals surface area (Å²) < 4.78 is 21.0. The van der Waals surface area contributed by atoms with Crippen LogP contribution in [0.15, 0.2) is 53.8 Å². The van der Waals surface area contributed by atoms with E-state index < -0.39 is 0 Å². The van der Waals surface area contributed by atoms with Crippen LogP contribution in [0.25, 0.3) is 0 Å². The summed E-state index contributed by atoms with van der Waals surface area (Å²) in [5.74, 6) is 0.586. The Balaban J connectivity index is 1.66. The van der Waals surface area contributed by atoms with E-state index in [-0.39, 0.29) is 11.9 Å². The fourth-order valence-corrected chi connectivity index (χ4v) is 3.35. The summed E-state index contributed by atoms with van der Waals surface area (Å²) in [7, 11) is 0. The van der Waals surface area contributed by atoms with Crippen LogP contribution in [0.3, 0.4) is 0 Å². The number of hydrogen-bond donors (Lipinski definition) is 2. The van der Waals surface area contributed by atoms with E-state index in [2.05, 4.69) is 39.4 Å². The lowest BCUT2D eigenvalue weighted by Crippen LogP contribution is -2.42. The predicted molar refractivity (Wildman–Crippen MR) is 110 cm³/mol. The summed E-state index contributed by atoms with van der Waals surface area (Å²) in [4.78, 5) is 7.18. The van der Waals surface area contributed by atoms with Crippen molar-refractivity contribution < 1.29 is 9.13 Å². The monoisotopic (exact) mass is 387 g/mol. The Kier molecular flexibility index (Phi) is 7.87. The Morgan fingerprint density at radius 3 is 2.54 bits per heavy atom. The molecule has 0 saturated carbocycles. The van der Waals surface area contributed by atoms with Gasteiger partial charge in [-0.1, -0.05) is 12.1 Å². The van der Waals surface area contributed by atoms with Gasteiger partial charge in [-0.15, -0.1) is 0 Å². The number of halogens is 1. The van der Waals surface area contributed by atoms with Gasteiger partial charge < -0.3 is 19.9 Å². The molecule has 2 aromatic rings. The molecule has 1 aromatic carbocycles. The molecule has 1 unspecified atom stereocenters. The fraction of sp³-hybridized carbons (Fsp3) is 0.476. The number of aliphatic imine (C=N–C) groups is 1. The SMILES string of the molecule is CCNC(=NCC(c1ccc(F)cc1)N1CCOCC1)NCCn1cccc1. The van der Waals surface area contributed by atoms with Gasteiger partial charge in [0.15, 0.2) is 5.96 Å². The Labute approximate surface area is 166 Å². The summed E-state index contributed by atoms with van der Waals surface area (Å²) in [5, 5.41) is 6.70. The molecule has 3 rings (SSSR count). The van der Waals surface area contributed by atoms with Crippen LogP contribution in [-0.2, 0) is 11.3 Å². The molecule has 2 heterocycles. The molecule has 0 aliphatic carbocycles. The normalized spacial score (nSPS) is 16.7. The summed E-state index contributed by atoms with van der Waals surface area (Å²) in [6.07, 6.45) is 4.10. The van der Waals surface area contributed by atoms with Crippen LogP contribution in [-0.4, -0.2) is 61.4 Å². The molecule has 152 valence electrons. The first-order valence-electron chi connectivity index (χ1n) is 9.96. The zero-order valence-corrected chi connectivity index (χ0v) is 16.5. The van der Waals surface area contributed by atoms with E-state index in [1.54, 1.807) is 0 Å². The lowest BCUT2D eigenvalue weighted by Gasteiger charge is -2.34. The second kappa shape index (κ2) is 10.8. The topological polar surface area (TPSA) is 53.8 Å². The van der Waals surface area contributed by atoms with Gasteiger partial charge in [0.2, 0.25) is 0 Å². The fourth-order valence-electron chi connectivity index (χ4n) is 3.35. The van der Waals surface area contributed by atoms with Crippen LogP contribution >= 0.6 is 0 Å². The molecule has 1 aliphatic heterocycles. The highest BCUT2D eigenvalue weighted by molar-refractivity contribution is 5.79. The van der Waals surface area contributed by atoms with Gasteiger partial charge in [0.05, 0.1) is 25.8 Å². The molecule has 0 bridgehead atoms. The summed E-state index contributed by atoms with van der Waals surface area (Å²) in [6.45, 7) is 8.28. The highest BCUT2D eigenvalue weighted by Gasteiger charge is 2.22. The lowest BCUT2D eigenvalue weighted by molar-refractivity contribution is 0.0179. The molecule has 1 fully saturated rings. The zero-order chi connectivity index (χ0) is 19.6. The molecule has 6 nitrogen and oxygen atoms in total. The molecule has 1 aliphatic rings. The highest BCUT2D eigenvalue weighted by atomic mass is 19.1. The van der Waals surface area contributed by atoms with Crippen LogP contribution in [0, 0.1) is 5.82 Å². The Morgan fingerprint density at radius 2 is 1.86 bits per heavy atom. The van der Waals surface area contributed by atoms with Gasteiger partial charge in [-0.25, -0.2) is 4.39 Å². The molecule has 2 N–H and O–H groups in total. The second-order valence-corrected chi connectivity index (χ2v) is 6.78. The molecular weight excluding hydrogens is 357 g/mol. The van der Waals surface area contributed by atoms with Crippen LogP contribution in [0.2, 0.25) is 0 Å². The molecule has 28 heavy (non-hydrogen) atoms. The molecule has 0 spiro atoms. The number of rotatable bonds is 8. The van der Waals surface area contributed by atoms with Gasteiger partial charge >= 0.3 is 0 Å². The third-order valence-corrected chi connectivity index (χ3v) is 4.84. The number of benzene rings is 1. The number of guanidine groups is 1. The minimum Gasteiger partial charge on any atom is -0.379 e. The minimum absolute atomic E-state index is 0.101. The van der Waals surface area contributed by atoms with Gasteiger partial charge in [-0.05, 0) is 36.8 Å². The van der Waals surface area contributed by atoms with Crippen LogP contribution < -0.4 is 10.6 Å². The molecule has 1 atom stereocenters. The van der Waals surface area contributed by atoms with Crippen LogP contribution in [0.1, 0.15) is 18.5 Å². The van der Waals surface area contributed by atoms with Crippen molar-refractivity contribution in [2.45, 2.75) is 19.5 Å². The standard InChI is InChI=1S/C21H30FN5O/c1-2-23-21(24-9-12-26-10-3-4-11-26)25-17-20(27-13-15-28-16-14-27)18-5-7-19(22)8-6-18/h3-8,10-11,20H,2,9,12-17H2,1H3,(H2,23,24,25). The largest absolute Gasteiger partial charge is 0.379 e. The van der Waals surface area contributed by atoms with Crippen molar-refractivity contribution in [2.24, 2.45) is 4.99 Å². The van der Waals surface area contributed by atoms with Gasteiger partial charge in [0, 0.05) is 45.1 Å². The van der Waals surface area contributed by atoms with Gasteiger partial charge in [-0.2, -0.15) is 0 Å². The van der Waals surface area contributed by atoms with Crippen molar-refractivity contribution >= 4 is 5.96 Å². The van der Waals surface area contributed by atoms with Crippen molar-refractivity contribution in [3.05, 3.63) is 60.2 Å². The quantitative estimate of drug-likeness (QED) is 0.539. The van der Waals surface area contributed by atoms with E-state index in [0.29, 0.717) is 6.54 Å². The summed E-state index contributed by atoms with van der Waals surface area (Å²) in [6, 6.07) is 10.9. The first kappa shape index (κ1) is 20.4. The maximum atomic E-state index is 13.4. The van der Waals surface area contributed by atoms with E-state index in [1.807, 2.05) is 24.3 Å². The van der Waals surface area contributed by atoms with Gasteiger partial charge in [0.25, 0.3) is 0 Å². The number of aromatic nitrogens is 1. The number of nitrogens with one attached hydrogen (secondary N) is 2. The van der Waals surface area contributed by atoms with E-state index in [9.17, 15) is 4.39 Å². The molecular formula is C21H30FN5O. The molecule has 1 saturated heterocycles. The van der Waals surface area contributed by atoms with Gasteiger partial charge in [0.1, 0.15) is 5.82 Å². The minimum atomic E-state index is -0.215. The molecule has 7 heteroatoms. The Hall–Kier alpha value is -2.38. The molecule has 1 aromatic heterocycles. The van der Waals surface area contributed by atoms with E-state index in [4.69, 9.17) is 9.73 Å². The van der Waals surface area contributed by atoms with E-state index in [0.717, 1.165) is 57.5 Å². The maximum Gasteiger partial charge on any atom is 0.191 e. The summed E-state index contributed by atoms with van der Waals surface area (Å²) in [5.41, 5.74) is 1.08. The number of ether oxygens (including phenoxy) is 1. The Morgan fingerprint density at radius 1 is 1.14 bits per heavy atom. The zero-order valence-electron chi connectivity index (χ0n) is 16.5. The van der Waals surface area contributed by atoms with Crippen LogP contribution in [0.4, 0.5) is 4.39 Å². The first-order valence-corrected chi connectivity index (χ1v) is 9.96. The van der Waals surface area contributed by atoms with Crippen molar-refractivity contribution in [1.29, 1.82) is 0 Å². The van der Waals surface area contributed by atoms with Crippen molar-refractivity contribution in [2.75, 3.05) is 45.9 Å². The third kappa shape index (κ3) is 6.07. The highest BCUT2D eigenvalue weighted by Crippen LogP contribution is 2.22. The summed E-state index contributed by atoms with van der Waals surface area (Å²) >= 11 is 0. The predicted octanol–water partition coefficient (Wildman–Crippen LogP) is 2.26. The average Bonchev–Trinajstić information content (AvgIpc) is 3.24. The molecule has 0 amide bonds. The van der Waals surface area contributed by atoms with Crippen molar-refractivity contribution in [3.63, 3.8) is 0 Å². The molecule has 0 radical (unpaired) electrons. The first-order chi connectivity index (χ1) is 13.8.